The summed E-state index contributed by atoms with van der Waals surface area (Å²) in [6.07, 6.45) is 3.79. The Hall–Kier alpha value is -1.55. The van der Waals surface area contributed by atoms with Gasteiger partial charge in [-0.2, -0.15) is 0 Å². The molecule has 0 aromatic heterocycles. The minimum atomic E-state index is -0.0610. The van der Waals surface area contributed by atoms with E-state index in [9.17, 15) is 0 Å². The quantitative estimate of drug-likeness (QED) is 0.305. The van der Waals surface area contributed by atoms with Crippen LogP contribution in [0.4, 0.5) is 0 Å². The molecular formula is C15H23N3O. The number of rotatable bonds is 7. The van der Waals surface area contributed by atoms with E-state index in [2.05, 4.69) is 17.4 Å². The van der Waals surface area contributed by atoms with E-state index in [-0.39, 0.29) is 11.8 Å². The van der Waals surface area contributed by atoms with Crippen LogP contribution in [0.1, 0.15) is 37.7 Å². The van der Waals surface area contributed by atoms with Crippen molar-refractivity contribution in [1.29, 1.82) is 0 Å². The van der Waals surface area contributed by atoms with Gasteiger partial charge in [0, 0.05) is 12.6 Å². The van der Waals surface area contributed by atoms with Crippen molar-refractivity contribution < 1.29 is 5.21 Å². The largest absolute Gasteiger partial charge is 0.409 e. The number of nitrogens with two attached hydrogens (primary N) is 1. The second-order valence-corrected chi connectivity index (χ2v) is 5.29. The van der Waals surface area contributed by atoms with Gasteiger partial charge >= 0.3 is 0 Å². The van der Waals surface area contributed by atoms with Crippen molar-refractivity contribution in [3.8, 4) is 0 Å². The molecule has 2 rings (SSSR count). The number of nitrogens with one attached hydrogen (secondary N) is 1. The van der Waals surface area contributed by atoms with Crippen molar-refractivity contribution in [3.05, 3.63) is 35.9 Å². The summed E-state index contributed by atoms with van der Waals surface area (Å²) in [5.41, 5.74) is 6.89. The summed E-state index contributed by atoms with van der Waals surface area (Å²) in [5.74, 6) is 1.02. The van der Waals surface area contributed by atoms with Crippen molar-refractivity contribution in [3.63, 3.8) is 0 Å². The number of hydrogen-bond acceptors (Lipinski definition) is 3. The number of benzene rings is 1. The van der Waals surface area contributed by atoms with Crippen LogP contribution in [0.5, 0.6) is 0 Å². The first kappa shape index (κ1) is 13.9. The van der Waals surface area contributed by atoms with Crippen LogP contribution in [0.25, 0.3) is 0 Å². The van der Waals surface area contributed by atoms with Crippen LogP contribution < -0.4 is 11.1 Å². The molecule has 4 N–H and O–H groups in total. The van der Waals surface area contributed by atoms with E-state index in [1.165, 1.54) is 19.3 Å². The van der Waals surface area contributed by atoms with Crippen LogP contribution in [-0.4, -0.2) is 23.6 Å². The topological polar surface area (TPSA) is 70.6 Å². The Morgan fingerprint density at radius 3 is 2.84 bits per heavy atom. The summed E-state index contributed by atoms with van der Waals surface area (Å²) in [5, 5.41) is 15.6. The highest BCUT2D eigenvalue weighted by atomic mass is 16.4. The zero-order valence-corrected chi connectivity index (χ0v) is 11.4. The molecule has 0 spiro atoms. The molecule has 19 heavy (non-hydrogen) atoms. The van der Waals surface area contributed by atoms with Gasteiger partial charge in [-0.3, -0.25) is 0 Å². The van der Waals surface area contributed by atoms with Gasteiger partial charge in [-0.25, -0.2) is 0 Å². The fourth-order valence-electron chi connectivity index (χ4n) is 2.60. The summed E-state index contributed by atoms with van der Waals surface area (Å²) < 4.78 is 0. The Kier molecular flexibility index (Phi) is 4.80. The van der Waals surface area contributed by atoms with Crippen LogP contribution in [0.15, 0.2) is 35.5 Å². The molecule has 104 valence electrons. The molecule has 3 atom stereocenters. The van der Waals surface area contributed by atoms with E-state index in [0.717, 1.165) is 18.0 Å². The maximum atomic E-state index is 8.92. The van der Waals surface area contributed by atoms with E-state index in [4.69, 9.17) is 10.9 Å². The molecular weight excluding hydrogens is 238 g/mol. The van der Waals surface area contributed by atoms with Crippen molar-refractivity contribution in [2.45, 2.75) is 38.1 Å². The van der Waals surface area contributed by atoms with Crippen molar-refractivity contribution in [2.24, 2.45) is 16.8 Å². The monoisotopic (exact) mass is 261 g/mol. The number of oxime groups is 1. The molecule has 0 aliphatic heterocycles. The molecule has 0 heterocycles. The zero-order chi connectivity index (χ0) is 13.7. The van der Waals surface area contributed by atoms with Gasteiger partial charge in [0.25, 0.3) is 0 Å². The molecule has 0 bridgehead atoms. The Labute approximate surface area is 114 Å². The molecule has 1 aromatic carbocycles. The molecule has 1 aliphatic carbocycles. The van der Waals surface area contributed by atoms with Crippen LogP contribution >= 0.6 is 0 Å². The van der Waals surface area contributed by atoms with E-state index in [1.54, 1.807) is 0 Å². The Morgan fingerprint density at radius 2 is 2.21 bits per heavy atom. The molecule has 4 nitrogen and oxygen atoms in total. The minimum Gasteiger partial charge on any atom is -0.409 e. The van der Waals surface area contributed by atoms with E-state index in [1.807, 2.05) is 30.3 Å². The van der Waals surface area contributed by atoms with Gasteiger partial charge in [0.05, 0.1) is 5.92 Å². The standard InChI is InChI=1S/C15H23N3O/c1-2-6-12-9-14(12)17-10-13(15(16)18-19)11-7-4-3-5-8-11/h3-5,7-8,12-14,17,19H,2,6,9-10H2,1H3,(H2,16,18). The third-order valence-corrected chi connectivity index (χ3v) is 3.84. The Balaban J connectivity index is 1.93. The Morgan fingerprint density at radius 1 is 1.47 bits per heavy atom. The maximum absolute atomic E-state index is 8.92. The molecule has 3 unspecified atom stereocenters. The fraction of sp³-hybridized carbons (Fsp3) is 0.533. The third-order valence-electron chi connectivity index (χ3n) is 3.84. The Bertz CT molecular complexity index is 419. The zero-order valence-electron chi connectivity index (χ0n) is 11.4. The number of nitrogens with zero attached hydrogens (tertiary/aromatic N) is 1. The van der Waals surface area contributed by atoms with Gasteiger partial charge in [0.15, 0.2) is 0 Å². The van der Waals surface area contributed by atoms with Gasteiger partial charge in [-0.05, 0) is 24.3 Å². The fourth-order valence-corrected chi connectivity index (χ4v) is 2.60. The minimum absolute atomic E-state index is 0.0610. The lowest BCUT2D eigenvalue weighted by Gasteiger charge is -2.16. The molecule has 1 aromatic rings. The first-order valence-corrected chi connectivity index (χ1v) is 7.02. The summed E-state index contributed by atoms with van der Waals surface area (Å²) >= 11 is 0. The predicted octanol–water partition coefficient (Wildman–Crippen LogP) is 2.29. The summed E-state index contributed by atoms with van der Waals surface area (Å²) in [4.78, 5) is 0. The van der Waals surface area contributed by atoms with Gasteiger partial charge in [0.1, 0.15) is 5.84 Å². The lowest BCUT2D eigenvalue weighted by molar-refractivity contribution is 0.315. The first-order chi connectivity index (χ1) is 9.26. The third kappa shape index (κ3) is 3.70. The van der Waals surface area contributed by atoms with Crippen molar-refractivity contribution >= 4 is 5.84 Å². The lowest BCUT2D eigenvalue weighted by atomic mass is 9.98. The molecule has 0 radical (unpaired) electrons. The van der Waals surface area contributed by atoms with Gasteiger partial charge in [-0.1, -0.05) is 48.8 Å². The SMILES string of the molecule is CCCC1CC1NCC(/C(N)=N/O)c1ccccc1. The van der Waals surface area contributed by atoms with Crippen molar-refractivity contribution in [2.75, 3.05) is 6.54 Å². The van der Waals surface area contributed by atoms with Crippen LogP contribution in [-0.2, 0) is 0 Å². The summed E-state index contributed by atoms with van der Waals surface area (Å²) in [6.45, 7) is 2.95. The number of hydrogen-bond donors (Lipinski definition) is 3. The van der Waals surface area contributed by atoms with Crippen LogP contribution in [0.3, 0.4) is 0 Å². The smallest absolute Gasteiger partial charge is 0.147 e. The van der Waals surface area contributed by atoms with Gasteiger partial charge < -0.3 is 16.3 Å². The van der Waals surface area contributed by atoms with Crippen LogP contribution in [0.2, 0.25) is 0 Å². The molecule has 1 fully saturated rings. The second kappa shape index (κ2) is 6.57. The molecule has 1 aliphatic rings. The highest BCUT2D eigenvalue weighted by Crippen LogP contribution is 2.34. The first-order valence-electron chi connectivity index (χ1n) is 7.02. The van der Waals surface area contributed by atoms with Crippen LogP contribution in [0, 0.1) is 5.92 Å². The highest BCUT2D eigenvalue weighted by molar-refractivity contribution is 5.87. The summed E-state index contributed by atoms with van der Waals surface area (Å²) in [6, 6.07) is 10.6. The lowest BCUT2D eigenvalue weighted by Crippen LogP contribution is -2.33. The average Bonchev–Trinajstić information content (AvgIpc) is 3.18. The van der Waals surface area contributed by atoms with E-state index >= 15 is 0 Å². The number of amidine groups is 1. The average molecular weight is 261 g/mol. The highest BCUT2D eigenvalue weighted by Gasteiger charge is 2.36. The van der Waals surface area contributed by atoms with E-state index < -0.39 is 0 Å². The molecule has 0 amide bonds. The van der Waals surface area contributed by atoms with Gasteiger partial charge in [-0.15, -0.1) is 0 Å². The molecule has 4 heteroatoms. The predicted molar refractivity (Wildman–Crippen MR) is 77.4 cm³/mol. The van der Waals surface area contributed by atoms with Gasteiger partial charge in [0.2, 0.25) is 0 Å². The second-order valence-electron chi connectivity index (χ2n) is 5.29. The van der Waals surface area contributed by atoms with E-state index in [0.29, 0.717) is 6.04 Å². The molecule has 0 saturated heterocycles. The maximum Gasteiger partial charge on any atom is 0.147 e. The molecule has 1 saturated carbocycles. The van der Waals surface area contributed by atoms with Crippen molar-refractivity contribution in [1.82, 2.24) is 5.32 Å². The summed E-state index contributed by atoms with van der Waals surface area (Å²) in [7, 11) is 0. The normalized spacial score (nSPS) is 24.2.